The Kier molecular flexibility index (Phi) is 4.35. The van der Waals surface area contributed by atoms with E-state index in [1.54, 1.807) is 4.90 Å². The summed E-state index contributed by atoms with van der Waals surface area (Å²) in [5.41, 5.74) is 2.78. The number of nitrogens with one attached hydrogen (secondary N) is 1. The Hall–Kier alpha value is -1.51. The highest BCUT2D eigenvalue weighted by molar-refractivity contribution is 5.99. The largest absolute Gasteiger partial charge is 0.385 e. The number of aryl methyl sites for hydroxylation is 1. The summed E-state index contributed by atoms with van der Waals surface area (Å²) in [4.78, 5) is 13.8. The molecule has 16 heavy (non-hydrogen) atoms. The predicted molar refractivity (Wildman–Crippen MR) is 68.0 cm³/mol. The molecule has 0 atom stereocenters. The second-order valence-corrected chi connectivity index (χ2v) is 3.90. The van der Waals surface area contributed by atoms with Gasteiger partial charge < -0.3 is 10.2 Å². The molecule has 0 spiro atoms. The number of carbonyl (C=O) groups excluding carboxylic acids is 1. The number of carbonyl (C=O) groups is 1. The summed E-state index contributed by atoms with van der Waals surface area (Å²) in [6.45, 7) is 7.54. The maximum absolute atomic E-state index is 12.1. The maximum Gasteiger partial charge on any atom is 0.255 e. The molecule has 1 N–H and O–H groups in total. The summed E-state index contributed by atoms with van der Waals surface area (Å²) in [5.74, 6) is 0.0714. The van der Waals surface area contributed by atoms with E-state index in [0.717, 1.165) is 29.9 Å². The van der Waals surface area contributed by atoms with Gasteiger partial charge in [-0.3, -0.25) is 4.79 Å². The van der Waals surface area contributed by atoms with Gasteiger partial charge in [0.1, 0.15) is 0 Å². The van der Waals surface area contributed by atoms with Crippen molar-refractivity contribution in [1.82, 2.24) is 4.90 Å². The molecule has 1 rings (SSSR count). The van der Waals surface area contributed by atoms with Gasteiger partial charge in [-0.2, -0.15) is 0 Å². The highest BCUT2D eigenvalue weighted by Crippen LogP contribution is 2.18. The molecule has 0 saturated carbocycles. The third-order valence-electron chi connectivity index (χ3n) is 2.59. The number of anilines is 1. The molecule has 0 saturated heterocycles. The lowest BCUT2D eigenvalue weighted by atomic mass is 10.1. The highest BCUT2D eigenvalue weighted by Gasteiger charge is 2.14. The van der Waals surface area contributed by atoms with Crippen LogP contribution in [-0.2, 0) is 0 Å². The molecule has 1 aromatic rings. The van der Waals surface area contributed by atoms with Crippen molar-refractivity contribution < 1.29 is 4.79 Å². The lowest BCUT2D eigenvalue weighted by Gasteiger charge is -2.18. The third-order valence-corrected chi connectivity index (χ3v) is 2.59. The standard InChI is InChI=1S/C13H20N2O/c1-5-14-12-8-7-10(3)9-11(12)13(16)15(4)6-2/h7-9,14H,5-6H2,1-4H3. The van der Waals surface area contributed by atoms with Crippen molar-refractivity contribution in [3.05, 3.63) is 29.3 Å². The van der Waals surface area contributed by atoms with Crippen molar-refractivity contribution in [3.63, 3.8) is 0 Å². The van der Waals surface area contributed by atoms with Gasteiger partial charge in [0.15, 0.2) is 0 Å². The number of amides is 1. The first-order valence-electron chi connectivity index (χ1n) is 5.70. The molecule has 3 nitrogen and oxygen atoms in total. The molecule has 88 valence electrons. The summed E-state index contributed by atoms with van der Waals surface area (Å²) in [6, 6.07) is 5.92. The van der Waals surface area contributed by atoms with Crippen LogP contribution in [0, 0.1) is 6.92 Å². The van der Waals surface area contributed by atoms with Gasteiger partial charge in [0, 0.05) is 25.8 Å². The Bertz CT molecular complexity index is 374. The van der Waals surface area contributed by atoms with Crippen molar-refractivity contribution in [2.45, 2.75) is 20.8 Å². The summed E-state index contributed by atoms with van der Waals surface area (Å²) >= 11 is 0. The smallest absolute Gasteiger partial charge is 0.255 e. The molecule has 0 radical (unpaired) electrons. The zero-order chi connectivity index (χ0) is 12.1. The molecule has 0 unspecified atom stereocenters. The first-order valence-corrected chi connectivity index (χ1v) is 5.70. The fourth-order valence-electron chi connectivity index (χ4n) is 1.53. The van der Waals surface area contributed by atoms with Gasteiger partial charge in [0.25, 0.3) is 5.91 Å². The lowest BCUT2D eigenvalue weighted by Crippen LogP contribution is -2.27. The second-order valence-electron chi connectivity index (χ2n) is 3.90. The van der Waals surface area contributed by atoms with Gasteiger partial charge in [0.05, 0.1) is 5.56 Å². The second kappa shape index (κ2) is 5.54. The van der Waals surface area contributed by atoms with Crippen molar-refractivity contribution >= 4 is 11.6 Å². The van der Waals surface area contributed by atoms with Gasteiger partial charge in [-0.15, -0.1) is 0 Å². The Labute approximate surface area is 97.5 Å². The van der Waals surface area contributed by atoms with E-state index in [4.69, 9.17) is 0 Å². The number of rotatable bonds is 4. The van der Waals surface area contributed by atoms with Crippen LogP contribution in [0.25, 0.3) is 0 Å². The van der Waals surface area contributed by atoms with Crippen molar-refractivity contribution in [3.8, 4) is 0 Å². The van der Waals surface area contributed by atoms with Crippen molar-refractivity contribution in [2.24, 2.45) is 0 Å². The van der Waals surface area contributed by atoms with Gasteiger partial charge in [-0.1, -0.05) is 11.6 Å². The van der Waals surface area contributed by atoms with E-state index in [9.17, 15) is 4.79 Å². The Morgan fingerprint density at radius 2 is 2.06 bits per heavy atom. The molecule has 0 aliphatic heterocycles. The van der Waals surface area contributed by atoms with Gasteiger partial charge in [0.2, 0.25) is 0 Å². The topological polar surface area (TPSA) is 32.3 Å². The third kappa shape index (κ3) is 2.75. The predicted octanol–water partition coefficient (Wildman–Crippen LogP) is 2.52. The van der Waals surface area contributed by atoms with Gasteiger partial charge in [-0.05, 0) is 32.9 Å². The van der Waals surface area contributed by atoms with Crippen LogP contribution in [0.4, 0.5) is 5.69 Å². The molecule has 3 heteroatoms. The zero-order valence-electron chi connectivity index (χ0n) is 10.5. The van der Waals surface area contributed by atoms with Crippen LogP contribution >= 0.6 is 0 Å². The average molecular weight is 220 g/mol. The quantitative estimate of drug-likeness (QED) is 0.845. The minimum atomic E-state index is 0.0714. The van der Waals surface area contributed by atoms with Gasteiger partial charge in [-0.25, -0.2) is 0 Å². The van der Waals surface area contributed by atoms with Crippen LogP contribution in [0.3, 0.4) is 0 Å². The molecule has 0 aromatic heterocycles. The van der Waals surface area contributed by atoms with E-state index in [2.05, 4.69) is 5.32 Å². The van der Waals surface area contributed by atoms with Crippen LogP contribution < -0.4 is 5.32 Å². The van der Waals surface area contributed by atoms with Crippen LogP contribution in [0.1, 0.15) is 29.8 Å². The van der Waals surface area contributed by atoms with Crippen LogP contribution in [0.2, 0.25) is 0 Å². The molecular weight excluding hydrogens is 200 g/mol. The molecule has 0 aliphatic carbocycles. The normalized spacial score (nSPS) is 10.0. The molecule has 0 heterocycles. The first-order chi connectivity index (χ1) is 7.60. The molecule has 1 amide bonds. The van der Waals surface area contributed by atoms with Crippen molar-refractivity contribution in [1.29, 1.82) is 0 Å². The number of nitrogens with zero attached hydrogens (tertiary/aromatic N) is 1. The molecular formula is C13H20N2O. The number of benzene rings is 1. The average Bonchev–Trinajstić information content (AvgIpc) is 2.29. The Morgan fingerprint density at radius 1 is 1.38 bits per heavy atom. The lowest BCUT2D eigenvalue weighted by molar-refractivity contribution is 0.0803. The summed E-state index contributed by atoms with van der Waals surface area (Å²) in [6.07, 6.45) is 0. The van der Waals surface area contributed by atoms with E-state index < -0.39 is 0 Å². The van der Waals surface area contributed by atoms with E-state index >= 15 is 0 Å². The van der Waals surface area contributed by atoms with E-state index in [1.165, 1.54) is 0 Å². The van der Waals surface area contributed by atoms with Crippen LogP contribution in [0.5, 0.6) is 0 Å². The van der Waals surface area contributed by atoms with Crippen molar-refractivity contribution in [2.75, 3.05) is 25.5 Å². The van der Waals surface area contributed by atoms with Gasteiger partial charge >= 0.3 is 0 Å². The Balaban J connectivity index is 3.08. The summed E-state index contributed by atoms with van der Waals surface area (Å²) in [5, 5.41) is 3.22. The monoisotopic (exact) mass is 220 g/mol. The maximum atomic E-state index is 12.1. The SMILES string of the molecule is CCNc1ccc(C)cc1C(=O)N(C)CC. The zero-order valence-corrected chi connectivity index (χ0v) is 10.5. The van der Waals surface area contributed by atoms with E-state index in [-0.39, 0.29) is 5.91 Å². The van der Waals surface area contributed by atoms with E-state index in [1.807, 2.05) is 46.0 Å². The number of hydrogen-bond donors (Lipinski definition) is 1. The first kappa shape index (κ1) is 12.6. The Morgan fingerprint density at radius 3 is 2.62 bits per heavy atom. The van der Waals surface area contributed by atoms with E-state index in [0.29, 0.717) is 0 Å². The fraction of sp³-hybridized carbons (Fsp3) is 0.462. The van der Waals surface area contributed by atoms with Crippen LogP contribution in [-0.4, -0.2) is 30.9 Å². The minimum Gasteiger partial charge on any atom is -0.385 e. The summed E-state index contributed by atoms with van der Waals surface area (Å²) in [7, 11) is 1.82. The van der Waals surface area contributed by atoms with Crippen LogP contribution in [0.15, 0.2) is 18.2 Å². The minimum absolute atomic E-state index is 0.0714. The highest BCUT2D eigenvalue weighted by atomic mass is 16.2. The molecule has 0 aliphatic rings. The molecule has 0 fully saturated rings. The molecule has 1 aromatic carbocycles. The summed E-state index contributed by atoms with van der Waals surface area (Å²) < 4.78 is 0. The number of hydrogen-bond acceptors (Lipinski definition) is 2. The fourth-order valence-corrected chi connectivity index (χ4v) is 1.53. The molecule has 0 bridgehead atoms.